The Morgan fingerprint density at radius 2 is 1.62 bits per heavy atom. The second-order valence-corrected chi connectivity index (χ2v) is 7.98. The lowest BCUT2D eigenvalue weighted by Gasteiger charge is -2.25. The number of carbonyl (C=O) groups is 4. The molecular formula is C22H28N2O5. The van der Waals surface area contributed by atoms with E-state index < -0.39 is 18.1 Å². The minimum atomic E-state index is -1.03. The lowest BCUT2D eigenvalue weighted by atomic mass is 9.81. The largest absolute Gasteiger partial charge is 0.451 e. The highest BCUT2D eigenvalue weighted by Crippen LogP contribution is 2.38. The van der Waals surface area contributed by atoms with Crippen molar-refractivity contribution >= 4 is 23.7 Å². The van der Waals surface area contributed by atoms with E-state index in [1.165, 1.54) is 18.7 Å². The third-order valence-corrected chi connectivity index (χ3v) is 5.88. The summed E-state index contributed by atoms with van der Waals surface area (Å²) in [7, 11) is 1.64. The summed E-state index contributed by atoms with van der Waals surface area (Å²) in [6.07, 6.45) is 2.21. The summed E-state index contributed by atoms with van der Waals surface area (Å²) in [5.74, 6) is -2.29. The summed E-state index contributed by atoms with van der Waals surface area (Å²) >= 11 is 0. The van der Waals surface area contributed by atoms with E-state index in [1.54, 1.807) is 7.05 Å². The Morgan fingerprint density at radius 1 is 1.07 bits per heavy atom. The van der Waals surface area contributed by atoms with Crippen LogP contribution in [-0.2, 0) is 30.5 Å². The van der Waals surface area contributed by atoms with Crippen molar-refractivity contribution in [1.29, 1.82) is 0 Å². The number of esters is 1. The van der Waals surface area contributed by atoms with Crippen LogP contribution >= 0.6 is 0 Å². The number of imide groups is 1. The highest BCUT2D eigenvalue weighted by Gasteiger charge is 2.51. The van der Waals surface area contributed by atoms with Gasteiger partial charge in [-0.1, -0.05) is 43.2 Å². The summed E-state index contributed by atoms with van der Waals surface area (Å²) in [6.45, 7) is 3.38. The molecule has 1 aliphatic heterocycles. The Hall–Kier alpha value is -2.70. The molecule has 1 aromatic rings. The Balaban J connectivity index is 1.59. The maximum Gasteiger partial charge on any atom is 0.329 e. The number of likely N-dealkylation sites (tertiary alicyclic amines) is 1. The molecule has 0 N–H and O–H groups in total. The summed E-state index contributed by atoms with van der Waals surface area (Å²) in [5.41, 5.74) is 0.964. The van der Waals surface area contributed by atoms with Gasteiger partial charge in [0.1, 0.15) is 6.04 Å². The monoisotopic (exact) mass is 400 g/mol. The highest BCUT2D eigenvalue weighted by molar-refractivity contribution is 6.07. The first-order chi connectivity index (χ1) is 13.8. The molecule has 0 bridgehead atoms. The van der Waals surface area contributed by atoms with Gasteiger partial charge in [0.25, 0.3) is 5.91 Å². The summed E-state index contributed by atoms with van der Waals surface area (Å²) in [4.78, 5) is 53.0. The third-order valence-electron chi connectivity index (χ3n) is 5.88. The van der Waals surface area contributed by atoms with Crippen molar-refractivity contribution in [2.45, 2.75) is 58.2 Å². The molecule has 3 rings (SSSR count). The van der Waals surface area contributed by atoms with Crippen molar-refractivity contribution < 1.29 is 23.9 Å². The van der Waals surface area contributed by atoms with Crippen LogP contribution in [0.2, 0.25) is 0 Å². The van der Waals surface area contributed by atoms with Crippen molar-refractivity contribution in [3.63, 3.8) is 0 Å². The van der Waals surface area contributed by atoms with Gasteiger partial charge in [-0.3, -0.25) is 19.3 Å². The second kappa shape index (κ2) is 8.76. The van der Waals surface area contributed by atoms with Crippen LogP contribution in [0, 0.1) is 11.8 Å². The zero-order valence-electron chi connectivity index (χ0n) is 17.2. The number of rotatable bonds is 6. The molecule has 0 aromatic heterocycles. The fourth-order valence-electron chi connectivity index (χ4n) is 4.24. The number of benzene rings is 1. The van der Waals surface area contributed by atoms with Crippen LogP contribution in [0.25, 0.3) is 0 Å². The lowest BCUT2D eigenvalue weighted by Crippen LogP contribution is -2.46. The second-order valence-electron chi connectivity index (χ2n) is 7.98. The van der Waals surface area contributed by atoms with Gasteiger partial charge in [-0.05, 0) is 32.3 Å². The predicted octanol–water partition coefficient (Wildman–Crippen LogP) is 2.14. The fourth-order valence-corrected chi connectivity index (χ4v) is 4.24. The number of amides is 3. The van der Waals surface area contributed by atoms with Crippen molar-refractivity contribution in [1.82, 2.24) is 9.80 Å². The Bertz CT molecular complexity index is 770. The maximum absolute atomic E-state index is 12.6. The van der Waals surface area contributed by atoms with Gasteiger partial charge in [0.2, 0.25) is 11.8 Å². The third kappa shape index (κ3) is 4.33. The minimum Gasteiger partial charge on any atom is -0.451 e. The molecule has 29 heavy (non-hydrogen) atoms. The molecule has 1 saturated heterocycles. The van der Waals surface area contributed by atoms with Crippen molar-refractivity contribution in [2.75, 3.05) is 7.05 Å². The van der Waals surface area contributed by atoms with E-state index in [9.17, 15) is 19.2 Å². The molecule has 3 amide bonds. The molecule has 0 spiro atoms. The van der Waals surface area contributed by atoms with E-state index in [4.69, 9.17) is 4.74 Å². The normalized spacial score (nSPS) is 23.3. The van der Waals surface area contributed by atoms with Crippen LogP contribution in [-0.4, -0.2) is 52.7 Å². The first-order valence-electron chi connectivity index (χ1n) is 10.2. The van der Waals surface area contributed by atoms with Gasteiger partial charge in [0.05, 0.1) is 11.8 Å². The van der Waals surface area contributed by atoms with Crippen LogP contribution < -0.4 is 0 Å². The summed E-state index contributed by atoms with van der Waals surface area (Å²) in [5, 5.41) is 0. The zero-order valence-corrected chi connectivity index (χ0v) is 17.2. The summed E-state index contributed by atoms with van der Waals surface area (Å²) in [6, 6.07) is 8.46. The quantitative estimate of drug-likeness (QED) is 0.540. The van der Waals surface area contributed by atoms with Gasteiger partial charge < -0.3 is 9.64 Å². The van der Waals surface area contributed by atoms with Crippen molar-refractivity contribution in [3.05, 3.63) is 35.9 Å². The number of hydrogen-bond donors (Lipinski definition) is 0. The van der Waals surface area contributed by atoms with Crippen LogP contribution in [0.3, 0.4) is 0 Å². The van der Waals surface area contributed by atoms with Crippen LogP contribution in [0.5, 0.6) is 0 Å². The molecule has 156 valence electrons. The van der Waals surface area contributed by atoms with Crippen molar-refractivity contribution in [2.24, 2.45) is 11.8 Å². The number of ether oxygens (including phenoxy) is 1. The molecule has 1 saturated carbocycles. The van der Waals surface area contributed by atoms with Gasteiger partial charge in [0.15, 0.2) is 6.10 Å². The average molecular weight is 400 g/mol. The Morgan fingerprint density at radius 3 is 2.17 bits per heavy atom. The van der Waals surface area contributed by atoms with Gasteiger partial charge in [0, 0.05) is 13.6 Å². The molecular weight excluding hydrogens is 372 g/mol. The van der Waals surface area contributed by atoms with E-state index in [0.717, 1.165) is 23.3 Å². The first kappa shape index (κ1) is 21.0. The summed E-state index contributed by atoms with van der Waals surface area (Å²) < 4.78 is 5.32. The van der Waals surface area contributed by atoms with Crippen LogP contribution in [0.1, 0.15) is 45.1 Å². The maximum atomic E-state index is 12.6. The number of likely N-dealkylation sites (N-methyl/N-ethyl adjacent to an activating group) is 1. The molecule has 7 nitrogen and oxygen atoms in total. The Labute approximate surface area is 171 Å². The van der Waals surface area contributed by atoms with E-state index in [1.807, 2.05) is 30.3 Å². The van der Waals surface area contributed by atoms with Crippen LogP contribution in [0.15, 0.2) is 30.3 Å². The standard InChI is InChI=1S/C22H28N2O5/c1-14(24-20(26)17-11-7-8-12-18(17)21(24)27)22(28)29-15(2)19(25)23(3)13-16-9-5-4-6-10-16/h4-6,9-10,14-15,17-18H,7-8,11-13H2,1-3H3/t14-,15-,17-,18-/m0/s1. The molecule has 7 heteroatoms. The van der Waals surface area contributed by atoms with E-state index in [2.05, 4.69) is 0 Å². The molecule has 2 aliphatic rings. The average Bonchev–Trinajstić information content (AvgIpc) is 2.98. The zero-order chi connectivity index (χ0) is 21.1. The van der Waals surface area contributed by atoms with Crippen LogP contribution in [0.4, 0.5) is 0 Å². The molecule has 0 unspecified atom stereocenters. The SMILES string of the molecule is C[C@H](OC(=O)[C@H](C)N1C(=O)[C@H]2CCCC[C@@H]2C1=O)C(=O)N(C)Cc1ccccc1. The van der Waals surface area contributed by atoms with Gasteiger partial charge in [-0.15, -0.1) is 0 Å². The smallest absolute Gasteiger partial charge is 0.329 e. The fraction of sp³-hybridized carbons (Fsp3) is 0.545. The topological polar surface area (TPSA) is 84.0 Å². The van der Waals surface area contributed by atoms with E-state index in [0.29, 0.717) is 19.4 Å². The number of nitrogens with zero attached hydrogens (tertiary/aromatic N) is 2. The van der Waals surface area contributed by atoms with Gasteiger partial charge in [-0.2, -0.15) is 0 Å². The van der Waals surface area contributed by atoms with Crippen molar-refractivity contribution in [3.8, 4) is 0 Å². The highest BCUT2D eigenvalue weighted by atomic mass is 16.5. The van der Waals surface area contributed by atoms with E-state index in [-0.39, 0.29) is 29.6 Å². The molecule has 1 aliphatic carbocycles. The number of carbonyl (C=O) groups excluding carboxylic acids is 4. The number of hydrogen-bond acceptors (Lipinski definition) is 5. The minimum absolute atomic E-state index is 0.288. The molecule has 1 aromatic carbocycles. The first-order valence-corrected chi connectivity index (χ1v) is 10.2. The molecule has 1 heterocycles. The van der Waals surface area contributed by atoms with Gasteiger partial charge in [-0.25, -0.2) is 4.79 Å². The lowest BCUT2D eigenvalue weighted by molar-refractivity contribution is -0.166. The molecule has 4 atom stereocenters. The Kier molecular flexibility index (Phi) is 6.35. The predicted molar refractivity (Wildman–Crippen MR) is 105 cm³/mol. The molecule has 2 fully saturated rings. The molecule has 0 radical (unpaired) electrons. The van der Waals surface area contributed by atoms with E-state index >= 15 is 0 Å². The number of fused-ring (bicyclic) bond motifs is 1. The van der Waals surface area contributed by atoms with Gasteiger partial charge >= 0.3 is 5.97 Å².